The molecule has 1 atom stereocenters. The third-order valence-corrected chi connectivity index (χ3v) is 2.46. The van der Waals surface area contributed by atoms with E-state index in [4.69, 9.17) is 4.52 Å². The molecule has 0 spiro atoms. The molecule has 1 aliphatic rings. The van der Waals surface area contributed by atoms with E-state index in [-0.39, 0.29) is 11.9 Å². The normalized spacial score (nSPS) is 20.8. The Balaban J connectivity index is 2.13. The van der Waals surface area contributed by atoms with Gasteiger partial charge in [0.15, 0.2) is 0 Å². The Labute approximate surface area is 75.9 Å². The van der Waals surface area contributed by atoms with E-state index in [1.54, 1.807) is 6.20 Å². The molecule has 0 saturated heterocycles. The Bertz CT molecular complexity index is 318. The minimum atomic E-state index is -0.151. The zero-order chi connectivity index (χ0) is 9.26. The van der Waals surface area contributed by atoms with Gasteiger partial charge < -0.3 is 9.26 Å². The maximum atomic E-state index is 11.2. The number of hydrogen-bond acceptors (Lipinski definition) is 4. The molecule has 70 valence electrons. The molecule has 4 heteroatoms. The van der Waals surface area contributed by atoms with Crippen molar-refractivity contribution in [2.45, 2.75) is 19.3 Å². The minimum Gasteiger partial charge on any atom is -0.469 e. The van der Waals surface area contributed by atoms with E-state index in [1.807, 2.05) is 0 Å². The number of aromatic nitrogens is 1. The standard InChI is InChI=1S/C9H11NO3/c1-12-9(11)6-2-3-7-5-10-13-8(7)4-6/h5-6H,2-4H2,1H3/t6-/m0/s1. The van der Waals surface area contributed by atoms with Crippen LogP contribution in [0.15, 0.2) is 10.7 Å². The van der Waals surface area contributed by atoms with Crippen LogP contribution in [0.5, 0.6) is 0 Å². The third kappa shape index (κ3) is 1.43. The van der Waals surface area contributed by atoms with Gasteiger partial charge in [-0.2, -0.15) is 0 Å². The van der Waals surface area contributed by atoms with Crippen LogP contribution in [-0.2, 0) is 22.4 Å². The summed E-state index contributed by atoms with van der Waals surface area (Å²) in [4.78, 5) is 11.2. The lowest BCUT2D eigenvalue weighted by Gasteiger charge is -2.17. The quantitative estimate of drug-likeness (QED) is 0.605. The lowest BCUT2D eigenvalue weighted by Crippen LogP contribution is -2.22. The van der Waals surface area contributed by atoms with Gasteiger partial charge in [-0.25, -0.2) is 0 Å². The summed E-state index contributed by atoms with van der Waals surface area (Å²) >= 11 is 0. The van der Waals surface area contributed by atoms with Crippen LogP contribution in [0, 0.1) is 5.92 Å². The summed E-state index contributed by atoms with van der Waals surface area (Å²) in [6.45, 7) is 0. The molecule has 0 aromatic carbocycles. The molecule has 1 heterocycles. The van der Waals surface area contributed by atoms with Crippen molar-refractivity contribution in [1.82, 2.24) is 5.16 Å². The van der Waals surface area contributed by atoms with E-state index in [0.717, 1.165) is 24.2 Å². The van der Waals surface area contributed by atoms with Crippen LogP contribution >= 0.6 is 0 Å². The Morgan fingerprint density at radius 2 is 2.62 bits per heavy atom. The molecule has 0 N–H and O–H groups in total. The van der Waals surface area contributed by atoms with Crippen LogP contribution in [0.2, 0.25) is 0 Å². The van der Waals surface area contributed by atoms with Gasteiger partial charge in [-0.15, -0.1) is 0 Å². The summed E-state index contributed by atoms with van der Waals surface area (Å²) in [7, 11) is 1.41. The molecule has 4 nitrogen and oxygen atoms in total. The number of ether oxygens (including phenoxy) is 1. The number of methoxy groups -OCH3 is 1. The molecule has 13 heavy (non-hydrogen) atoms. The average molecular weight is 181 g/mol. The SMILES string of the molecule is COC(=O)[C@H]1CCc2cnoc2C1. The Hall–Kier alpha value is -1.32. The first-order valence-electron chi connectivity index (χ1n) is 4.31. The van der Waals surface area contributed by atoms with E-state index in [1.165, 1.54) is 7.11 Å². The minimum absolute atomic E-state index is 0.0505. The van der Waals surface area contributed by atoms with Gasteiger partial charge in [0.25, 0.3) is 0 Å². The fourth-order valence-corrected chi connectivity index (χ4v) is 1.68. The van der Waals surface area contributed by atoms with Crippen molar-refractivity contribution >= 4 is 5.97 Å². The number of esters is 1. The Morgan fingerprint density at radius 3 is 3.38 bits per heavy atom. The maximum Gasteiger partial charge on any atom is 0.309 e. The van der Waals surface area contributed by atoms with Crippen LogP contribution in [0.1, 0.15) is 17.7 Å². The fraction of sp³-hybridized carbons (Fsp3) is 0.556. The highest BCUT2D eigenvalue weighted by Gasteiger charge is 2.27. The number of aryl methyl sites for hydroxylation is 1. The summed E-state index contributed by atoms with van der Waals surface area (Å²) in [5.74, 6) is 0.633. The lowest BCUT2D eigenvalue weighted by atomic mass is 9.89. The van der Waals surface area contributed by atoms with Crippen molar-refractivity contribution in [3.05, 3.63) is 17.5 Å². The van der Waals surface area contributed by atoms with E-state index in [9.17, 15) is 4.79 Å². The monoisotopic (exact) mass is 181 g/mol. The van der Waals surface area contributed by atoms with Gasteiger partial charge in [0, 0.05) is 12.0 Å². The van der Waals surface area contributed by atoms with Crippen LogP contribution in [0.3, 0.4) is 0 Å². The summed E-state index contributed by atoms with van der Waals surface area (Å²) in [6, 6.07) is 0. The highest BCUT2D eigenvalue weighted by Crippen LogP contribution is 2.25. The summed E-state index contributed by atoms with van der Waals surface area (Å²) in [5.41, 5.74) is 1.13. The fourth-order valence-electron chi connectivity index (χ4n) is 1.68. The first-order chi connectivity index (χ1) is 6.31. The number of carbonyl (C=O) groups excluding carboxylic acids is 1. The first kappa shape index (κ1) is 8.29. The van der Waals surface area contributed by atoms with Crippen molar-refractivity contribution in [1.29, 1.82) is 0 Å². The van der Waals surface area contributed by atoms with Gasteiger partial charge in [-0.3, -0.25) is 4.79 Å². The van der Waals surface area contributed by atoms with E-state index in [2.05, 4.69) is 9.89 Å². The zero-order valence-corrected chi connectivity index (χ0v) is 7.45. The second-order valence-electron chi connectivity index (χ2n) is 3.24. The first-order valence-corrected chi connectivity index (χ1v) is 4.31. The van der Waals surface area contributed by atoms with Gasteiger partial charge in [0.2, 0.25) is 0 Å². The molecule has 0 saturated carbocycles. The van der Waals surface area contributed by atoms with Gasteiger partial charge in [-0.05, 0) is 12.8 Å². The van der Waals surface area contributed by atoms with Gasteiger partial charge in [0.1, 0.15) is 5.76 Å². The van der Waals surface area contributed by atoms with E-state index in [0.29, 0.717) is 6.42 Å². The highest BCUT2D eigenvalue weighted by molar-refractivity contribution is 5.72. The lowest BCUT2D eigenvalue weighted by molar-refractivity contribution is -0.145. The van der Waals surface area contributed by atoms with Crippen molar-refractivity contribution in [2.24, 2.45) is 5.92 Å². The third-order valence-electron chi connectivity index (χ3n) is 2.46. The largest absolute Gasteiger partial charge is 0.469 e. The molecule has 1 aromatic heterocycles. The van der Waals surface area contributed by atoms with Crippen LogP contribution in [-0.4, -0.2) is 18.2 Å². The predicted octanol–water partition coefficient (Wildman–Crippen LogP) is 0.952. The van der Waals surface area contributed by atoms with E-state index >= 15 is 0 Å². The smallest absolute Gasteiger partial charge is 0.309 e. The molecule has 0 unspecified atom stereocenters. The molecular formula is C9H11NO3. The molecule has 0 radical (unpaired) electrons. The molecule has 0 amide bonds. The molecule has 0 fully saturated rings. The number of fused-ring (bicyclic) bond motifs is 1. The van der Waals surface area contributed by atoms with Crippen molar-refractivity contribution < 1.29 is 14.1 Å². The summed E-state index contributed by atoms with van der Waals surface area (Å²) < 4.78 is 9.70. The second kappa shape index (κ2) is 3.20. The maximum absolute atomic E-state index is 11.2. The van der Waals surface area contributed by atoms with Crippen LogP contribution < -0.4 is 0 Å². The van der Waals surface area contributed by atoms with Crippen molar-refractivity contribution in [3.63, 3.8) is 0 Å². The van der Waals surface area contributed by atoms with Gasteiger partial charge in [0.05, 0.1) is 19.2 Å². The summed E-state index contributed by atoms with van der Waals surface area (Å²) in [5, 5.41) is 3.70. The van der Waals surface area contributed by atoms with Crippen molar-refractivity contribution in [3.8, 4) is 0 Å². The molecule has 1 aromatic rings. The number of hydrogen-bond donors (Lipinski definition) is 0. The van der Waals surface area contributed by atoms with E-state index < -0.39 is 0 Å². The van der Waals surface area contributed by atoms with Crippen LogP contribution in [0.4, 0.5) is 0 Å². The number of rotatable bonds is 1. The van der Waals surface area contributed by atoms with Gasteiger partial charge >= 0.3 is 5.97 Å². The Morgan fingerprint density at radius 1 is 1.77 bits per heavy atom. The molecule has 0 aliphatic heterocycles. The zero-order valence-electron chi connectivity index (χ0n) is 7.45. The molecule has 1 aliphatic carbocycles. The van der Waals surface area contributed by atoms with Gasteiger partial charge in [-0.1, -0.05) is 5.16 Å². The van der Waals surface area contributed by atoms with Crippen molar-refractivity contribution in [2.75, 3.05) is 7.11 Å². The second-order valence-corrected chi connectivity index (χ2v) is 3.24. The predicted molar refractivity (Wildman–Crippen MR) is 44.0 cm³/mol. The highest BCUT2D eigenvalue weighted by atomic mass is 16.5. The summed E-state index contributed by atoms with van der Waals surface area (Å²) in [6.07, 6.45) is 4.05. The van der Waals surface area contributed by atoms with Crippen LogP contribution in [0.25, 0.3) is 0 Å². The molecular weight excluding hydrogens is 170 g/mol. The number of carbonyl (C=O) groups is 1. The molecule has 0 bridgehead atoms. The molecule has 2 rings (SSSR count). The number of nitrogens with zero attached hydrogens (tertiary/aromatic N) is 1. The Kier molecular flexibility index (Phi) is 2.04. The average Bonchev–Trinajstić information content (AvgIpc) is 2.63. The topological polar surface area (TPSA) is 52.3 Å².